The molecule has 1 fully saturated rings. The molecule has 2 aromatic carbocycles. The van der Waals surface area contributed by atoms with Crippen molar-refractivity contribution < 1.29 is 0 Å². The molecule has 32 heavy (non-hydrogen) atoms. The topological polar surface area (TPSA) is 61.9 Å². The number of pyridine rings is 2. The molecular formula is C27H22N4O. The maximum atomic E-state index is 13.7. The summed E-state index contributed by atoms with van der Waals surface area (Å²) in [5.74, 6) is 0. The van der Waals surface area contributed by atoms with E-state index in [9.17, 15) is 10.1 Å². The van der Waals surface area contributed by atoms with E-state index in [4.69, 9.17) is 0 Å². The van der Waals surface area contributed by atoms with Crippen molar-refractivity contribution in [3.05, 3.63) is 101 Å². The van der Waals surface area contributed by atoms with Gasteiger partial charge in [-0.25, -0.2) is 0 Å². The zero-order chi connectivity index (χ0) is 21.9. The van der Waals surface area contributed by atoms with Gasteiger partial charge >= 0.3 is 0 Å². The molecule has 0 bridgehead atoms. The largest absolute Gasteiger partial charge is 0.371 e. The van der Waals surface area contributed by atoms with Gasteiger partial charge in [-0.3, -0.25) is 14.3 Å². The van der Waals surface area contributed by atoms with E-state index in [0.29, 0.717) is 16.7 Å². The third kappa shape index (κ3) is 3.67. The molecule has 0 amide bonds. The van der Waals surface area contributed by atoms with Gasteiger partial charge in [0.15, 0.2) is 0 Å². The predicted molar refractivity (Wildman–Crippen MR) is 127 cm³/mol. The van der Waals surface area contributed by atoms with Gasteiger partial charge in [-0.1, -0.05) is 30.3 Å². The van der Waals surface area contributed by atoms with Crippen LogP contribution in [0.2, 0.25) is 0 Å². The fraction of sp³-hybridized carbons (Fsp3) is 0.148. The van der Waals surface area contributed by atoms with E-state index in [2.05, 4.69) is 28.1 Å². The summed E-state index contributed by atoms with van der Waals surface area (Å²) >= 11 is 0. The summed E-state index contributed by atoms with van der Waals surface area (Å²) in [5.41, 5.74) is 4.93. The van der Waals surface area contributed by atoms with Crippen LogP contribution in [0.4, 0.5) is 5.69 Å². The summed E-state index contributed by atoms with van der Waals surface area (Å²) in [6, 6.07) is 25.1. The van der Waals surface area contributed by atoms with Crippen molar-refractivity contribution in [2.75, 3.05) is 18.0 Å². The lowest BCUT2D eigenvalue weighted by atomic mass is 9.99. The molecule has 0 atom stereocenters. The Morgan fingerprint density at radius 1 is 0.844 bits per heavy atom. The molecule has 5 heteroatoms. The van der Waals surface area contributed by atoms with Crippen LogP contribution in [-0.2, 0) is 0 Å². The second-order valence-electron chi connectivity index (χ2n) is 7.90. The first-order valence-electron chi connectivity index (χ1n) is 10.8. The summed E-state index contributed by atoms with van der Waals surface area (Å²) in [7, 11) is 0. The maximum Gasteiger partial charge on any atom is 0.263 e. The highest BCUT2D eigenvalue weighted by Gasteiger charge is 2.17. The molecule has 3 heterocycles. The second kappa shape index (κ2) is 8.52. The van der Waals surface area contributed by atoms with Crippen LogP contribution in [0.5, 0.6) is 0 Å². The number of anilines is 1. The molecule has 4 aromatic rings. The van der Waals surface area contributed by atoms with Gasteiger partial charge in [0.25, 0.3) is 5.56 Å². The number of nitriles is 1. The molecule has 0 N–H and O–H groups in total. The van der Waals surface area contributed by atoms with Crippen LogP contribution >= 0.6 is 0 Å². The van der Waals surface area contributed by atoms with Gasteiger partial charge in [0, 0.05) is 47.9 Å². The van der Waals surface area contributed by atoms with Crippen LogP contribution in [0, 0.1) is 11.3 Å². The molecular weight excluding hydrogens is 396 g/mol. The number of hydrogen-bond donors (Lipinski definition) is 0. The maximum absolute atomic E-state index is 13.7. The highest BCUT2D eigenvalue weighted by molar-refractivity contribution is 5.75. The smallest absolute Gasteiger partial charge is 0.263 e. The van der Waals surface area contributed by atoms with E-state index >= 15 is 0 Å². The Bertz CT molecular complexity index is 1360. The first-order chi connectivity index (χ1) is 15.7. The molecule has 5 nitrogen and oxygen atoms in total. The first-order valence-corrected chi connectivity index (χ1v) is 10.8. The summed E-state index contributed by atoms with van der Waals surface area (Å²) in [5, 5.41) is 9.62. The third-order valence-electron chi connectivity index (χ3n) is 5.89. The molecule has 0 radical (unpaired) electrons. The normalized spacial score (nSPS) is 13.2. The van der Waals surface area contributed by atoms with Crippen LogP contribution < -0.4 is 10.5 Å². The molecule has 0 saturated carbocycles. The van der Waals surface area contributed by atoms with Crippen molar-refractivity contribution in [1.82, 2.24) is 9.55 Å². The molecule has 0 spiro atoms. The highest BCUT2D eigenvalue weighted by Crippen LogP contribution is 2.27. The van der Waals surface area contributed by atoms with Crippen LogP contribution in [0.1, 0.15) is 18.4 Å². The lowest BCUT2D eigenvalue weighted by Crippen LogP contribution is -2.22. The fourth-order valence-electron chi connectivity index (χ4n) is 4.27. The fourth-order valence-corrected chi connectivity index (χ4v) is 4.27. The van der Waals surface area contributed by atoms with Crippen molar-refractivity contribution in [1.29, 1.82) is 5.26 Å². The van der Waals surface area contributed by atoms with E-state index in [-0.39, 0.29) is 5.56 Å². The van der Waals surface area contributed by atoms with Crippen LogP contribution in [0.3, 0.4) is 0 Å². The Morgan fingerprint density at radius 3 is 2.41 bits per heavy atom. The predicted octanol–water partition coefficient (Wildman–Crippen LogP) is 5.04. The van der Waals surface area contributed by atoms with Crippen molar-refractivity contribution >= 4 is 5.69 Å². The second-order valence-corrected chi connectivity index (χ2v) is 7.90. The van der Waals surface area contributed by atoms with E-state index in [0.717, 1.165) is 35.7 Å². The van der Waals surface area contributed by atoms with Crippen molar-refractivity contribution in [3.63, 3.8) is 0 Å². The number of hydrogen-bond acceptors (Lipinski definition) is 4. The molecule has 5 rings (SSSR count). The van der Waals surface area contributed by atoms with Crippen LogP contribution in [0.25, 0.3) is 28.1 Å². The van der Waals surface area contributed by atoms with Crippen LogP contribution in [-0.4, -0.2) is 22.6 Å². The van der Waals surface area contributed by atoms with Gasteiger partial charge in [0.05, 0.1) is 23.0 Å². The Morgan fingerprint density at radius 2 is 1.62 bits per heavy atom. The van der Waals surface area contributed by atoms with Crippen LogP contribution in [0.15, 0.2) is 90.0 Å². The summed E-state index contributed by atoms with van der Waals surface area (Å²) in [4.78, 5) is 20.5. The monoisotopic (exact) mass is 418 g/mol. The number of nitrogens with zero attached hydrogens (tertiary/aromatic N) is 4. The Hall–Kier alpha value is -4.17. The number of rotatable bonds is 4. The minimum Gasteiger partial charge on any atom is -0.371 e. The van der Waals surface area contributed by atoms with Gasteiger partial charge < -0.3 is 4.90 Å². The van der Waals surface area contributed by atoms with Gasteiger partial charge in [-0.05, 0) is 55.3 Å². The van der Waals surface area contributed by atoms with Crippen molar-refractivity contribution in [2.45, 2.75) is 12.8 Å². The van der Waals surface area contributed by atoms with E-state index < -0.39 is 0 Å². The van der Waals surface area contributed by atoms with Crippen molar-refractivity contribution in [3.8, 4) is 34.1 Å². The van der Waals surface area contributed by atoms with E-state index in [1.54, 1.807) is 16.8 Å². The molecule has 1 saturated heterocycles. The van der Waals surface area contributed by atoms with Gasteiger partial charge in [-0.15, -0.1) is 0 Å². The van der Waals surface area contributed by atoms with Gasteiger partial charge in [0.1, 0.15) is 0 Å². The van der Waals surface area contributed by atoms with Gasteiger partial charge in [0.2, 0.25) is 0 Å². The molecule has 0 aliphatic carbocycles. The molecule has 1 aliphatic heterocycles. The summed E-state index contributed by atoms with van der Waals surface area (Å²) in [6.07, 6.45) is 5.96. The minimum absolute atomic E-state index is 0.161. The lowest BCUT2D eigenvalue weighted by Gasteiger charge is -2.19. The standard InChI is InChI=1S/C27H22N4O/c28-18-20-8-1-2-11-24(20)25-16-21(26-12-3-4-13-29-26)19-31(27(25)32)23-10-7-9-22(17-23)30-14-5-6-15-30/h1-4,7-13,16-17,19H,5-6,14-15H2. The quantitative estimate of drug-likeness (QED) is 0.466. The SMILES string of the molecule is N#Cc1ccccc1-c1cc(-c2ccccn2)cn(-c2cccc(N3CCCC3)c2)c1=O. The molecule has 0 unspecified atom stereocenters. The van der Waals surface area contributed by atoms with Gasteiger partial charge in [-0.2, -0.15) is 5.26 Å². The average Bonchev–Trinajstić information content (AvgIpc) is 3.40. The highest BCUT2D eigenvalue weighted by atomic mass is 16.1. The molecule has 156 valence electrons. The molecule has 2 aromatic heterocycles. The average molecular weight is 419 g/mol. The minimum atomic E-state index is -0.161. The number of aromatic nitrogens is 2. The van der Waals surface area contributed by atoms with E-state index in [1.807, 2.05) is 60.8 Å². The summed E-state index contributed by atoms with van der Waals surface area (Å²) in [6.45, 7) is 2.07. The Kier molecular flexibility index (Phi) is 5.27. The van der Waals surface area contributed by atoms with Crippen molar-refractivity contribution in [2.24, 2.45) is 0 Å². The summed E-state index contributed by atoms with van der Waals surface area (Å²) < 4.78 is 1.67. The molecule has 1 aliphatic rings. The third-order valence-corrected chi connectivity index (χ3v) is 5.89. The first kappa shape index (κ1) is 19.8. The Balaban J connectivity index is 1.73. The Labute approximate surface area is 186 Å². The van der Waals surface area contributed by atoms with E-state index in [1.165, 1.54) is 12.8 Å². The zero-order valence-electron chi connectivity index (χ0n) is 17.6. The lowest BCUT2D eigenvalue weighted by molar-refractivity contribution is 0.949. The zero-order valence-corrected chi connectivity index (χ0v) is 17.6. The number of benzene rings is 2.